The van der Waals surface area contributed by atoms with Crippen LogP contribution in [0, 0.1) is 5.82 Å². The van der Waals surface area contributed by atoms with Crippen LogP contribution >= 0.6 is 46.1 Å². The van der Waals surface area contributed by atoms with Crippen LogP contribution in [0.25, 0.3) is 0 Å². The average molecular weight is 853 g/mol. The van der Waals surface area contributed by atoms with Crippen molar-refractivity contribution in [2.24, 2.45) is 0 Å². The molecule has 0 aliphatic carbocycles. The largest absolute Gasteiger partial charge is 0.487 e. The van der Waals surface area contributed by atoms with E-state index in [1.807, 2.05) is 84.2 Å². The molecule has 0 atom stereocenters. The van der Waals surface area contributed by atoms with Gasteiger partial charge in [-0.2, -0.15) is 0 Å². The summed E-state index contributed by atoms with van der Waals surface area (Å²) in [6.45, 7) is 13.6. The maximum atomic E-state index is 13.1. The van der Waals surface area contributed by atoms with Gasteiger partial charge >= 0.3 is 0 Å². The first-order valence-electron chi connectivity index (χ1n) is 18.4. The van der Waals surface area contributed by atoms with Crippen LogP contribution in [0.2, 0.25) is 15.1 Å². The van der Waals surface area contributed by atoms with Gasteiger partial charge < -0.3 is 30.2 Å². The Morgan fingerprint density at radius 3 is 1.49 bits per heavy atom. The highest BCUT2D eigenvalue weighted by atomic mass is 35.5. The van der Waals surface area contributed by atoms with E-state index < -0.39 is 0 Å². The third-order valence-electron chi connectivity index (χ3n) is 7.38. The fraction of sp³-hybridized carbons (Fsp3) is 0.273. The highest BCUT2D eigenvalue weighted by Gasteiger charge is 2.08. The van der Waals surface area contributed by atoms with Gasteiger partial charge in [0.2, 0.25) is 0 Å². The fourth-order valence-electron chi connectivity index (χ4n) is 5.01. The van der Waals surface area contributed by atoms with Crippen LogP contribution in [-0.4, -0.2) is 28.1 Å². The van der Waals surface area contributed by atoms with Crippen LogP contribution in [0.1, 0.15) is 57.8 Å². The maximum Gasteiger partial charge on any atom is 0.140 e. The molecule has 4 aromatic carbocycles. The van der Waals surface area contributed by atoms with E-state index in [1.54, 1.807) is 29.8 Å². The van der Waals surface area contributed by atoms with Gasteiger partial charge in [0.25, 0.3) is 0 Å². The molecule has 13 heteroatoms. The van der Waals surface area contributed by atoms with Crippen molar-refractivity contribution in [2.75, 3.05) is 16.0 Å². The van der Waals surface area contributed by atoms with Crippen molar-refractivity contribution in [1.82, 2.24) is 9.97 Å². The van der Waals surface area contributed by atoms with E-state index in [2.05, 4.69) is 67.5 Å². The van der Waals surface area contributed by atoms with Gasteiger partial charge in [-0.25, -0.2) is 9.37 Å². The zero-order valence-corrected chi connectivity index (χ0v) is 35.9. The standard InChI is InChI=1S/C16H17ClFNO.C15H17ClN2O.C13H15ClN2OS/c1-11(2)19-14-6-7-16(15(17)9-14)20-10-12-4-3-5-13(18)8-12;1-11(2)18-12-6-7-15(14(16)9-12)19-10-13-5-3-4-8-17-13;1-9(2)16-10-3-4-12(11(14)7-10)17-8-13-15-5-6-18-13/h3-9,11,19H,10H2,1-2H3;3-9,11,18H,10H2,1-2H3;3-7,9,16H,8H2,1-2H3. The van der Waals surface area contributed by atoms with Crippen molar-refractivity contribution in [3.63, 3.8) is 0 Å². The molecule has 0 fully saturated rings. The number of ether oxygens (including phenoxy) is 3. The summed E-state index contributed by atoms with van der Waals surface area (Å²) < 4.78 is 30.0. The lowest BCUT2D eigenvalue weighted by Crippen LogP contribution is -2.09. The Balaban J connectivity index is 0.000000190. The molecule has 2 aromatic heterocycles. The number of thiazole rings is 1. The zero-order valence-electron chi connectivity index (χ0n) is 32.9. The maximum absolute atomic E-state index is 13.1. The lowest BCUT2D eigenvalue weighted by molar-refractivity contribution is 0.301. The van der Waals surface area contributed by atoms with E-state index in [0.717, 1.165) is 33.3 Å². The number of pyridine rings is 1. The van der Waals surface area contributed by atoms with E-state index in [4.69, 9.17) is 49.0 Å². The van der Waals surface area contributed by atoms with Crippen LogP contribution in [-0.2, 0) is 19.8 Å². The van der Waals surface area contributed by atoms with Gasteiger partial charge in [-0.15, -0.1) is 11.3 Å². The summed E-state index contributed by atoms with van der Waals surface area (Å²) in [5, 5.41) is 14.5. The quantitative estimate of drug-likeness (QED) is 0.0941. The molecular weight excluding hydrogens is 804 g/mol. The van der Waals surface area contributed by atoms with Crippen molar-refractivity contribution in [3.05, 3.63) is 152 Å². The summed E-state index contributed by atoms with van der Waals surface area (Å²) in [5.74, 6) is 1.67. The zero-order chi connectivity index (χ0) is 41.2. The second kappa shape index (κ2) is 23.5. The Labute approximate surface area is 354 Å². The SMILES string of the molecule is CC(C)Nc1ccc(OCc2cccc(F)c2)c(Cl)c1.CC(C)Nc1ccc(OCc2ccccn2)c(Cl)c1.CC(C)Nc1ccc(OCc2nccs2)c(Cl)c1. The fourth-order valence-corrected chi connectivity index (χ4v) is 6.24. The van der Waals surface area contributed by atoms with E-state index in [0.29, 0.717) is 63.7 Å². The molecular formula is C44H49Cl3FN5O3S. The third-order valence-corrected chi connectivity index (χ3v) is 9.02. The van der Waals surface area contributed by atoms with Crippen LogP contribution in [0.4, 0.5) is 21.5 Å². The van der Waals surface area contributed by atoms with E-state index in [1.165, 1.54) is 12.1 Å². The summed E-state index contributed by atoms with van der Waals surface area (Å²) >= 11 is 20.1. The molecule has 0 spiro atoms. The number of aromatic nitrogens is 2. The number of nitrogens with zero attached hydrogens (tertiary/aromatic N) is 2. The molecule has 0 bridgehead atoms. The number of hydrogen-bond donors (Lipinski definition) is 3. The minimum atomic E-state index is -0.270. The number of halogens is 4. The van der Waals surface area contributed by atoms with Gasteiger partial charge in [-0.3, -0.25) is 4.98 Å². The molecule has 0 aliphatic heterocycles. The monoisotopic (exact) mass is 851 g/mol. The van der Waals surface area contributed by atoms with Gasteiger partial charge in [0.1, 0.15) is 47.9 Å². The van der Waals surface area contributed by atoms with Crippen LogP contribution in [0.3, 0.4) is 0 Å². The van der Waals surface area contributed by atoms with Crippen LogP contribution in [0.15, 0.2) is 115 Å². The first kappa shape index (κ1) is 45.0. The topological polar surface area (TPSA) is 89.6 Å². The van der Waals surface area contributed by atoms with Crippen LogP contribution in [0.5, 0.6) is 17.2 Å². The van der Waals surface area contributed by atoms with Gasteiger partial charge in [-0.05, 0) is 126 Å². The van der Waals surface area contributed by atoms with Crippen molar-refractivity contribution < 1.29 is 18.6 Å². The summed E-state index contributed by atoms with van der Waals surface area (Å²) in [6.07, 6.45) is 3.51. The molecule has 0 radical (unpaired) electrons. The Bertz CT molecular complexity index is 2090. The molecule has 0 saturated carbocycles. The molecule has 3 N–H and O–H groups in total. The molecule has 6 aromatic rings. The molecule has 8 nitrogen and oxygen atoms in total. The normalized spacial score (nSPS) is 10.6. The molecule has 0 aliphatic rings. The lowest BCUT2D eigenvalue weighted by atomic mass is 10.2. The second-order valence-corrected chi connectivity index (χ2v) is 15.8. The molecule has 2 heterocycles. The Morgan fingerprint density at radius 2 is 1.07 bits per heavy atom. The Morgan fingerprint density at radius 1 is 0.561 bits per heavy atom. The predicted octanol–water partition coefficient (Wildman–Crippen LogP) is 13.2. The van der Waals surface area contributed by atoms with Gasteiger partial charge in [0, 0.05) is 53.0 Å². The average Bonchev–Trinajstić information content (AvgIpc) is 3.68. The molecule has 57 heavy (non-hydrogen) atoms. The number of nitrogens with one attached hydrogen (secondary N) is 3. The van der Waals surface area contributed by atoms with Gasteiger partial charge in [0.15, 0.2) is 0 Å². The number of anilines is 3. The second-order valence-electron chi connectivity index (χ2n) is 13.6. The Hall–Kier alpha value is -4.74. The van der Waals surface area contributed by atoms with Crippen molar-refractivity contribution >= 4 is 63.2 Å². The minimum Gasteiger partial charge on any atom is -0.487 e. The van der Waals surface area contributed by atoms with E-state index >= 15 is 0 Å². The lowest BCUT2D eigenvalue weighted by Gasteiger charge is -2.13. The van der Waals surface area contributed by atoms with Gasteiger partial charge in [-0.1, -0.05) is 53.0 Å². The summed E-state index contributed by atoms with van der Waals surface area (Å²) in [5.41, 5.74) is 4.58. The highest BCUT2D eigenvalue weighted by molar-refractivity contribution is 7.09. The van der Waals surface area contributed by atoms with Crippen molar-refractivity contribution in [2.45, 2.75) is 79.5 Å². The summed E-state index contributed by atoms with van der Waals surface area (Å²) in [6, 6.07) is 30.1. The number of benzene rings is 4. The summed E-state index contributed by atoms with van der Waals surface area (Å²) in [7, 11) is 0. The smallest absolute Gasteiger partial charge is 0.140 e. The predicted molar refractivity (Wildman–Crippen MR) is 236 cm³/mol. The Kier molecular flexibility index (Phi) is 18.5. The third kappa shape index (κ3) is 16.7. The van der Waals surface area contributed by atoms with Crippen LogP contribution < -0.4 is 30.2 Å². The summed E-state index contributed by atoms with van der Waals surface area (Å²) in [4.78, 5) is 8.36. The minimum absolute atomic E-state index is 0.270. The van der Waals surface area contributed by atoms with E-state index in [-0.39, 0.29) is 12.4 Å². The highest BCUT2D eigenvalue weighted by Crippen LogP contribution is 2.31. The molecule has 6 rings (SSSR count). The van der Waals surface area contributed by atoms with Crippen molar-refractivity contribution in [3.8, 4) is 17.2 Å². The number of rotatable bonds is 15. The first-order valence-corrected chi connectivity index (χ1v) is 20.4. The molecule has 0 saturated heterocycles. The number of hydrogen-bond acceptors (Lipinski definition) is 9. The van der Waals surface area contributed by atoms with Crippen molar-refractivity contribution in [1.29, 1.82) is 0 Å². The van der Waals surface area contributed by atoms with E-state index in [9.17, 15) is 4.39 Å². The first-order chi connectivity index (χ1) is 27.3. The molecule has 302 valence electrons. The molecule has 0 unspecified atom stereocenters. The molecule has 0 amide bonds. The van der Waals surface area contributed by atoms with Gasteiger partial charge in [0.05, 0.1) is 20.8 Å².